The summed E-state index contributed by atoms with van der Waals surface area (Å²) in [7, 11) is 0. The highest BCUT2D eigenvalue weighted by Crippen LogP contribution is 2.27. The second kappa shape index (κ2) is 7.14. The van der Waals surface area contributed by atoms with E-state index in [9.17, 15) is 0 Å². The smallest absolute Gasteiger partial charge is 0.0739 e. The summed E-state index contributed by atoms with van der Waals surface area (Å²) in [5.74, 6) is 0. The Bertz CT molecular complexity index is 411. The average Bonchev–Trinajstić information content (AvgIpc) is 2.72. The van der Waals surface area contributed by atoms with Crippen molar-refractivity contribution in [3.05, 3.63) is 15.9 Å². The van der Waals surface area contributed by atoms with Gasteiger partial charge in [0.2, 0.25) is 0 Å². The topological polar surface area (TPSA) is 29.9 Å². The molecule has 0 spiro atoms. The van der Waals surface area contributed by atoms with Gasteiger partial charge in [0.15, 0.2) is 0 Å². The van der Waals surface area contributed by atoms with Gasteiger partial charge in [0.25, 0.3) is 0 Å². The molecular formula is C14H24BrN3S. The first-order chi connectivity index (χ1) is 9.15. The predicted octanol–water partition coefficient (Wildman–Crippen LogP) is 3.74. The number of nitrogens with zero attached hydrogens (tertiary/aromatic N) is 2. The maximum atomic E-state index is 4.54. The quantitative estimate of drug-likeness (QED) is 0.881. The number of hydrogen-bond acceptors (Lipinski definition) is 3. The van der Waals surface area contributed by atoms with Crippen molar-refractivity contribution >= 4 is 27.7 Å². The van der Waals surface area contributed by atoms with Crippen LogP contribution in [0.15, 0.2) is 4.47 Å². The van der Waals surface area contributed by atoms with E-state index in [1.807, 2.05) is 11.8 Å². The summed E-state index contributed by atoms with van der Waals surface area (Å²) in [5.41, 5.74) is 2.37. The Morgan fingerprint density at radius 2 is 2.05 bits per heavy atom. The summed E-state index contributed by atoms with van der Waals surface area (Å²) in [6.07, 6.45) is 7.56. The van der Waals surface area contributed by atoms with Crippen LogP contribution >= 0.6 is 27.7 Å². The first-order valence-corrected chi connectivity index (χ1v) is 9.21. The average molecular weight is 346 g/mol. The number of aromatic nitrogens is 2. The first-order valence-electron chi connectivity index (χ1n) is 7.13. The minimum atomic E-state index is 0.677. The lowest BCUT2D eigenvalue weighted by atomic mass is 9.95. The molecule has 0 unspecified atom stereocenters. The molecule has 0 saturated heterocycles. The lowest BCUT2D eigenvalue weighted by molar-refractivity contribution is 0.373. The fraction of sp³-hybridized carbons (Fsp3) is 0.786. The van der Waals surface area contributed by atoms with Crippen molar-refractivity contribution < 1.29 is 0 Å². The minimum absolute atomic E-state index is 0.677. The maximum Gasteiger partial charge on any atom is 0.0739 e. The van der Waals surface area contributed by atoms with Crippen molar-refractivity contribution in [1.82, 2.24) is 15.1 Å². The SMILES string of the molecule is CCn1nc(C)c(Br)c1CNC1CCC(SC)CC1. The molecule has 3 nitrogen and oxygen atoms in total. The Morgan fingerprint density at radius 1 is 1.37 bits per heavy atom. The molecule has 0 bridgehead atoms. The third-order valence-corrected chi connectivity index (χ3v) is 6.19. The van der Waals surface area contributed by atoms with Gasteiger partial charge in [-0.3, -0.25) is 4.68 Å². The van der Waals surface area contributed by atoms with Crippen LogP contribution < -0.4 is 5.32 Å². The standard InChI is InChI=1S/C14H24BrN3S/c1-4-18-13(14(15)10(2)17-18)9-16-11-5-7-12(19-3)8-6-11/h11-12,16H,4-9H2,1-3H3. The summed E-state index contributed by atoms with van der Waals surface area (Å²) >= 11 is 5.69. The highest BCUT2D eigenvalue weighted by Gasteiger charge is 2.21. The fourth-order valence-electron chi connectivity index (χ4n) is 2.78. The van der Waals surface area contributed by atoms with Crippen LogP contribution in [-0.4, -0.2) is 27.3 Å². The van der Waals surface area contributed by atoms with E-state index in [2.05, 4.69) is 51.1 Å². The van der Waals surface area contributed by atoms with E-state index in [4.69, 9.17) is 0 Å². The fourth-order valence-corrected chi connectivity index (χ4v) is 3.95. The highest BCUT2D eigenvalue weighted by molar-refractivity contribution is 9.10. The zero-order valence-electron chi connectivity index (χ0n) is 12.1. The molecule has 1 aliphatic rings. The molecule has 2 rings (SSSR count). The van der Waals surface area contributed by atoms with Crippen LogP contribution in [0.2, 0.25) is 0 Å². The van der Waals surface area contributed by atoms with Crippen molar-refractivity contribution in [2.24, 2.45) is 0 Å². The Hall–Kier alpha value is -0.0000000000000000555. The van der Waals surface area contributed by atoms with Crippen molar-refractivity contribution in [1.29, 1.82) is 0 Å². The Morgan fingerprint density at radius 3 is 2.63 bits per heavy atom. The molecule has 5 heteroatoms. The Balaban J connectivity index is 1.89. The lowest BCUT2D eigenvalue weighted by Gasteiger charge is -2.28. The van der Waals surface area contributed by atoms with Gasteiger partial charge in [-0.05, 0) is 61.7 Å². The first kappa shape index (κ1) is 15.4. The molecule has 1 aliphatic carbocycles. The molecule has 0 aromatic carbocycles. The van der Waals surface area contributed by atoms with Crippen LogP contribution in [0.25, 0.3) is 0 Å². The molecule has 1 heterocycles. The van der Waals surface area contributed by atoms with E-state index in [1.165, 1.54) is 35.8 Å². The predicted molar refractivity (Wildman–Crippen MR) is 86.7 cm³/mol. The molecule has 1 fully saturated rings. The van der Waals surface area contributed by atoms with E-state index >= 15 is 0 Å². The van der Waals surface area contributed by atoms with Crippen LogP contribution in [0.3, 0.4) is 0 Å². The van der Waals surface area contributed by atoms with E-state index in [-0.39, 0.29) is 0 Å². The zero-order valence-corrected chi connectivity index (χ0v) is 14.5. The van der Waals surface area contributed by atoms with E-state index in [0.29, 0.717) is 6.04 Å². The van der Waals surface area contributed by atoms with Gasteiger partial charge < -0.3 is 5.32 Å². The summed E-state index contributed by atoms with van der Waals surface area (Å²) in [6.45, 7) is 6.06. The van der Waals surface area contributed by atoms with Gasteiger partial charge in [0, 0.05) is 24.4 Å². The van der Waals surface area contributed by atoms with Crippen molar-refractivity contribution in [2.75, 3.05) is 6.26 Å². The summed E-state index contributed by atoms with van der Waals surface area (Å²) in [5, 5.41) is 9.14. The Kier molecular flexibility index (Phi) is 5.78. The van der Waals surface area contributed by atoms with Crippen molar-refractivity contribution in [2.45, 2.75) is 63.9 Å². The third-order valence-electron chi connectivity index (χ3n) is 4.02. The van der Waals surface area contributed by atoms with E-state index < -0.39 is 0 Å². The van der Waals surface area contributed by atoms with Crippen LogP contribution in [-0.2, 0) is 13.1 Å². The van der Waals surface area contributed by atoms with Gasteiger partial charge in [0.1, 0.15) is 0 Å². The van der Waals surface area contributed by atoms with Crippen LogP contribution in [0.1, 0.15) is 44.0 Å². The van der Waals surface area contributed by atoms with Gasteiger partial charge >= 0.3 is 0 Å². The number of rotatable bonds is 5. The highest BCUT2D eigenvalue weighted by atomic mass is 79.9. The molecule has 19 heavy (non-hydrogen) atoms. The summed E-state index contributed by atoms with van der Waals surface area (Å²) in [4.78, 5) is 0. The van der Waals surface area contributed by atoms with Gasteiger partial charge in [-0.25, -0.2) is 0 Å². The monoisotopic (exact) mass is 345 g/mol. The second-order valence-corrected chi connectivity index (χ2v) is 7.18. The molecular weight excluding hydrogens is 322 g/mol. The molecule has 1 aromatic rings. The van der Waals surface area contributed by atoms with E-state index in [0.717, 1.165) is 24.0 Å². The van der Waals surface area contributed by atoms with Crippen molar-refractivity contribution in [3.8, 4) is 0 Å². The molecule has 1 N–H and O–H groups in total. The molecule has 108 valence electrons. The van der Waals surface area contributed by atoms with Gasteiger partial charge in [-0.15, -0.1) is 0 Å². The molecule has 0 radical (unpaired) electrons. The van der Waals surface area contributed by atoms with Crippen LogP contribution in [0.5, 0.6) is 0 Å². The van der Waals surface area contributed by atoms with Gasteiger partial charge in [-0.2, -0.15) is 16.9 Å². The van der Waals surface area contributed by atoms with Gasteiger partial charge in [0.05, 0.1) is 15.9 Å². The Labute approximate surface area is 129 Å². The molecule has 0 atom stereocenters. The zero-order chi connectivity index (χ0) is 13.8. The van der Waals surface area contributed by atoms with Crippen molar-refractivity contribution in [3.63, 3.8) is 0 Å². The number of nitrogens with one attached hydrogen (secondary N) is 1. The van der Waals surface area contributed by atoms with E-state index in [1.54, 1.807) is 0 Å². The summed E-state index contributed by atoms with van der Waals surface area (Å²) < 4.78 is 3.26. The molecule has 0 amide bonds. The minimum Gasteiger partial charge on any atom is -0.308 e. The number of aryl methyl sites for hydroxylation is 2. The number of halogens is 1. The molecule has 1 saturated carbocycles. The van der Waals surface area contributed by atoms with Crippen LogP contribution in [0, 0.1) is 6.92 Å². The van der Waals surface area contributed by atoms with Gasteiger partial charge in [-0.1, -0.05) is 0 Å². The number of hydrogen-bond donors (Lipinski definition) is 1. The van der Waals surface area contributed by atoms with Crippen LogP contribution in [0.4, 0.5) is 0 Å². The molecule has 1 aromatic heterocycles. The summed E-state index contributed by atoms with van der Waals surface area (Å²) in [6, 6.07) is 0.677. The molecule has 0 aliphatic heterocycles. The maximum absolute atomic E-state index is 4.54. The lowest BCUT2D eigenvalue weighted by Crippen LogP contribution is -2.34. The third kappa shape index (κ3) is 3.76. The normalized spacial score (nSPS) is 23.8. The second-order valence-electron chi connectivity index (χ2n) is 5.25. The largest absolute Gasteiger partial charge is 0.308 e. The number of thioether (sulfide) groups is 1.